The third-order valence-electron chi connectivity index (χ3n) is 9.32. The van der Waals surface area contributed by atoms with Crippen molar-refractivity contribution in [1.29, 1.82) is 0 Å². The van der Waals surface area contributed by atoms with E-state index in [4.69, 9.17) is 32.7 Å². The highest BCUT2D eigenvalue weighted by Gasteiger charge is 2.79. The molecule has 2 aliphatic heterocycles. The zero-order valence-corrected chi connectivity index (χ0v) is 33.9. The van der Waals surface area contributed by atoms with Crippen molar-refractivity contribution in [3.63, 3.8) is 0 Å². The number of aromatic nitrogens is 1. The van der Waals surface area contributed by atoms with Gasteiger partial charge in [0.2, 0.25) is 19.0 Å². The Bertz CT molecular complexity index is 2040. The second-order valence-electron chi connectivity index (χ2n) is 14.2. The number of carbonyl (C=O) groups is 5. The number of fused-ring (bicyclic) bond motifs is 1. The molecule has 0 saturated carbocycles. The molecule has 2 saturated heterocycles. The third kappa shape index (κ3) is 9.68. The standard InChI is InChI=1S/C35H39ClF2N3O11P.C4H8/c1-4-30(45)51-35(52-31(46)5-2)34(48,17-42)18-53(35,49)19-50-23-9-10-24-25(20(3)43)15-40(27(24)12-23)16-29(44)41-14-22(37)11-28(41)33(47)39-13-21-7-6-8-26(36)32(21)38;1-4(2)3/h6-10,12,15,22,28,42,48H,4-5,11,13-14,16-19H2,1-3H3,(H,39,47);1,4H,2-3H3/t22-,28+,34?,53?;/m1./s1. The van der Waals surface area contributed by atoms with Crippen LogP contribution in [0, 0.1) is 18.7 Å². The van der Waals surface area contributed by atoms with Crippen LogP contribution in [0.2, 0.25) is 5.02 Å². The number of nitrogens with zero attached hydrogens (tertiary/aromatic N) is 2. The number of hydrogen-bond acceptors (Lipinski definition) is 11. The zero-order valence-electron chi connectivity index (χ0n) is 32.3. The molecule has 14 nitrogen and oxygen atoms in total. The quantitative estimate of drug-likeness (QED) is 0.0833. The van der Waals surface area contributed by atoms with Crippen LogP contribution in [0.3, 0.4) is 0 Å². The van der Waals surface area contributed by atoms with Crippen LogP contribution < -0.4 is 10.1 Å². The number of carbonyl (C=O) groups excluding carboxylic acids is 5. The van der Waals surface area contributed by atoms with E-state index < -0.39 is 85.7 Å². The molecule has 5 rings (SSSR count). The molecule has 18 heteroatoms. The molecule has 2 aliphatic rings. The summed E-state index contributed by atoms with van der Waals surface area (Å²) in [4.78, 5) is 65.2. The van der Waals surface area contributed by atoms with E-state index in [2.05, 4.69) is 5.32 Å². The number of amides is 2. The van der Waals surface area contributed by atoms with Gasteiger partial charge in [0.1, 0.15) is 36.7 Å². The van der Waals surface area contributed by atoms with Crippen molar-refractivity contribution in [3.05, 3.63) is 71.5 Å². The van der Waals surface area contributed by atoms with Crippen molar-refractivity contribution in [2.45, 2.75) is 90.3 Å². The molecule has 2 aromatic carbocycles. The molecule has 2 unspecified atom stereocenters. The summed E-state index contributed by atoms with van der Waals surface area (Å²) < 4.78 is 61.1. The van der Waals surface area contributed by atoms with Gasteiger partial charge in [-0.3, -0.25) is 24.0 Å². The van der Waals surface area contributed by atoms with Gasteiger partial charge in [0.25, 0.3) is 0 Å². The summed E-state index contributed by atoms with van der Waals surface area (Å²) in [6.45, 7) is 11.1. The highest BCUT2D eigenvalue weighted by atomic mass is 35.5. The van der Waals surface area contributed by atoms with E-state index in [-0.39, 0.29) is 60.0 Å². The first-order chi connectivity index (χ1) is 26.7. The van der Waals surface area contributed by atoms with Gasteiger partial charge in [0.15, 0.2) is 11.4 Å². The van der Waals surface area contributed by atoms with Crippen molar-refractivity contribution >= 4 is 59.2 Å². The normalized spacial score (nSPS) is 22.3. The van der Waals surface area contributed by atoms with E-state index in [1.165, 1.54) is 67.9 Å². The summed E-state index contributed by atoms with van der Waals surface area (Å²) in [6.07, 6.45) is -2.15. The summed E-state index contributed by atoms with van der Waals surface area (Å²) in [7, 11) is -4.09. The van der Waals surface area contributed by atoms with Crippen molar-refractivity contribution in [3.8, 4) is 5.75 Å². The highest BCUT2D eigenvalue weighted by molar-refractivity contribution is 7.67. The maximum Gasteiger partial charge on any atom is 0.342 e. The Balaban J connectivity index is 0.00000172. The number of ether oxygens (including phenoxy) is 3. The summed E-state index contributed by atoms with van der Waals surface area (Å²) >= 11 is 5.82. The second-order valence-corrected chi connectivity index (χ2v) is 17.6. The van der Waals surface area contributed by atoms with E-state index in [1.54, 1.807) is 0 Å². The highest BCUT2D eigenvalue weighted by Crippen LogP contribution is 2.74. The number of alkyl halides is 1. The Morgan fingerprint density at radius 1 is 1.11 bits per heavy atom. The first-order valence-electron chi connectivity index (χ1n) is 18.3. The molecular formula is C39H47ClF2N3O11P. The molecule has 3 heterocycles. The number of rotatable bonds is 14. The van der Waals surface area contributed by atoms with E-state index in [0.29, 0.717) is 16.8 Å². The number of hydrogen-bond donors (Lipinski definition) is 3. The zero-order chi connectivity index (χ0) is 42.5. The predicted molar refractivity (Wildman–Crippen MR) is 205 cm³/mol. The summed E-state index contributed by atoms with van der Waals surface area (Å²) in [5.41, 5.74) is -4.44. The van der Waals surface area contributed by atoms with Gasteiger partial charge in [-0.05, 0) is 38.0 Å². The molecule has 0 aliphatic carbocycles. The van der Waals surface area contributed by atoms with Crippen LogP contribution in [0.25, 0.3) is 10.9 Å². The molecule has 310 valence electrons. The molecular weight excluding hydrogens is 791 g/mol. The van der Waals surface area contributed by atoms with Crippen LogP contribution in [0.1, 0.15) is 69.8 Å². The summed E-state index contributed by atoms with van der Waals surface area (Å²) in [6, 6.07) is 7.48. The van der Waals surface area contributed by atoms with Gasteiger partial charge in [-0.15, -0.1) is 0 Å². The Hall–Kier alpha value is -4.37. The maximum absolute atomic E-state index is 14.7. The van der Waals surface area contributed by atoms with Crippen LogP contribution in [0.15, 0.2) is 42.6 Å². The van der Waals surface area contributed by atoms with Gasteiger partial charge < -0.3 is 43.8 Å². The monoisotopic (exact) mass is 837 g/mol. The van der Waals surface area contributed by atoms with Gasteiger partial charge >= 0.3 is 17.5 Å². The fourth-order valence-corrected chi connectivity index (χ4v) is 9.86. The average Bonchev–Trinajstić information content (AvgIpc) is 3.73. The molecule has 3 aromatic rings. The third-order valence-corrected chi connectivity index (χ3v) is 12.9. The molecule has 0 spiro atoms. The largest absolute Gasteiger partial charge is 0.486 e. The number of nitrogens with one attached hydrogen (secondary N) is 1. The molecule has 2 amide bonds. The topological polar surface area (TPSA) is 191 Å². The van der Waals surface area contributed by atoms with Crippen LogP contribution in [-0.4, -0.2) is 98.2 Å². The smallest absolute Gasteiger partial charge is 0.342 e. The number of ketones is 1. The predicted octanol–water partition coefficient (Wildman–Crippen LogP) is 5.24. The van der Waals surface area contributed by atoms with Crippen molar-refractivity contribution < 1.29 is 61.7 Å². The number of benzene rings is 2. The molecule has 0 bridgehead atoms. The van der Waals surface area contributed by atoms with Crippen LogP contribution >= 0.6 is 18.7 Å². The lowest BCUT2D eigenvalue weighted by molar-refractivity contribution is -0.270. The Labute approximate surface area is 334 Å². The first-order valence-corrected chi connectivity index (χ1v) is 20.7. The molecule has 3 N–H and O–H groups in total. The van der Waals surface area contributed by atoms with E-state index in [9.17, 15) is 47.5 Å². The van der Waals surface area contributed by atoms with Crippen molar-refractivity contribution in [2.24, 2.45) is 5.92 Å². The number of Topliss-reactive ketones (excluding diaryl/α,β-unsaturated/α-hetero) is 1. The van der Waals surface area contributed by atoms with Gasteiger partial charge in [0, 0.05) is 54.6 Å². The summed E-state index contributed by atoms with van der Waals surface area (Å²) in [5, 5.41) is 23.8. The average molecular weight is 838 g/mol. The van der Waals surface area contributed by atoms with Gasteiger partial charge in [-0.2, -0.15) is 0 Å². The number of aliphatic hydroxyl groups is 2. The SMILES string of the molecule is CCC(=O)OC1(OC(=O)CC)C(O)(CO)CP1(=O)COc1ccc2c(C(C)=O)cn(CC(=O)N3C[C@H](F)C[C@H]3C(=O)NCc3cccc(Cl)c3F)c2c1.[CH]C(C)C. The van der Waals surface area contributed by atoms with E-state index in [0.717, 1.165) is 4.90 Å². The maximum atomic E-state index is 14.7. The number of esters is 2. The van der Waals surface area contributed by atoms with Gasteiger partial charge in [0.05, 0.1) is 29.9 Å². The fourth-order valence-electron chi connectivity index (χ4n) is 6.51. The lowest BCUT2D eigenvalue weighted by atomic mass is 10.1. The summed E-state index contributed by atoms with van der Waals surface area (Å²) in [5.74, 6) is -3.91. The van der Waals surface area contributed by atoms with E-state index >= 15 is 0 Å². The fraction of sp³-hybridized carbons (Fsp3) is 0.487. The Morgan fingerprint density at radius 3 is 2.32 bits per heavy atom. The van der Waals surface area contributed by atoms with Crippen LogP contribution in [0.5, 0.6) is 5.75 Å². The molecule has 57 heavy (non-hydrogen) atoms. The molecule has 1 aromatic heterocycles. The van der Waals surface area contributed by atoms with Gasteiger partial charge in [-0.25, -0.2) is 8.78 Å². The second kappa shape index (κ2) is 18.5. The van der Waals surface area contributed by atoms with E-state index in [1.807, 2.05) is 13.8 Å². The minimum absolute atomic E-state index is 0.0575. The van der Waals surface area contributed by atoms with Crippen LogP contribution in [-0.2, 0) is 46.3 Å². The molecule has 2 radical (unpaired) electrons. The Morgan fingerprint density at radius 2 is 1.74 bits per heavy atom. The minimum atomic E-state index is -4.09. The number of halogens is 3. The van der Waals surface area contributed by atoms with Crippen molar-refractivity contribution in [1.82, 2.24) is 14.8 Å². The van der Waals surface area contributed by atoms with Gasteiger partial charge in [-0.1, -0.05) is 51.4 Å². The molecule has 2 fully saturated rings. The lowest BCUT2D eigenvalue weighted by Gasteiger charge is -2.56. The molecule has 4 atom stereocenters. The number of likely N-dealkylation sites (tertiary alicyclic amines) is 1. The van der Waals surface area contributed by atoms with Crippen molar-refractivity contribution in [2.75, 3.05) is 25.7 Å². The lowest BCUT2D eigenvalue weighted by Crippen LogP contribution is -2.71. The first kappa shape index (κ1) is 45.3. The minimum Gasteiger partial charge on any atom is -0.486 e. The Kier molecular flexibility index (Phi) is 14.7. The van der Waals surface area contributed by atoms with Crippen LogP contribution in [0.4, 0.5) is 8.78 Å². The number of aliphatic hydroxyl groups excluding tert-OH is 1.